The van der Waals surface area contributed by atoms with Crippen molar-refractivity contribution < 1.29 is 13.9 Å². The van der Waals surface area contributed by atoms with Crippen molar-refractivity contribution in [1.82, 2.24) is 0 Å². The molecule has 36 heavy (non-hydrogen) atoms. The molecule has 4 heteroatoms. The van der Waals surface area contributed by atoms with Gasteiger partial charge in [-0.3, -0.25) is 0 Å². The molecule has 0 spiro atoms. The Bertz CT molecular complexity index is 1050. The van der Waals surface area contributed by atoms with E-state index >= 15 is 0 Å². The zero-order valence-corrected chi connectivity index (χ0v) is 23.6. The van der Waals surface area contributed by atoms with Crippen molar-refractivity contribution in [3.8, 4) is 5.75 Å². The Morgan fingerprint density at radius 1 is 0.583 bits per heavy atom. The molecule has 3 aromatic carbocycles. The van der Waals surface area contributed by atoms with Crippen LogP contribution in [-0.4, -0.2) is 11.5 Å². The fourth-order valence-electron chi connectivity index (χ4n) is 4.89. The maximum atomic E-state index is 13.1. The molecule has 3 rings (SSSR count). The summed E-state index contributed by atoms with van der Waals surface area (Å²) < 4.78 is 13.5. The summed E-state index contributed by atoms with van der Waals surface area (Å²) in [4.78, 5) is 13.1. The Kier molecular flexibility index (Phi) is 10.5. The molecule has 0 aliphatic carbocycles. The van der Waals surface area contributed by atoms with E-state index in [-0.39, 0.29) is 0 Å². The molecule has 0 aliphatic rings. The average molecular weight is 509 g/mol. The first-order valence-electron chi connectivity index (χ1n) is 13.7. The topological polar surface area (TPSA) is 38.7 Å². The van der Waals surface area contributed by atoms with Gasteiger partial charge in [-0.2, -0.15) is 0 Å². The minimum atomic E-state index is -4.52. The van der Waals surface area contributed by atoms with Crippen LogP contribution >= 0.6 is 7.28 Å². The van der Waals surface area contributed by atoms with Crippen LogP contribution in [0.5, 0.6) is 5.75 Å². The summed E-state index contributed by atoms with van der Waals surface area (Å²) in [5.74, 6) is 0.649. The second kappa shape index (κ2) is 13.4. The second-order valence-corrected chi connectivity index (χ2v) is 13.2. The van der Waals surface area contributed by atoms with Gasteiger partial charge in [-0.25, -0.2) is 0 Å². The third-order valence-electron chi connectivity index (χ3n) is 7.02. The second-order valence-electron chi connectivity index (χ2n) is 10.0. The summed E-state index contributed by atoms with van der Waals surface area (Å²) in [6, 6.07) is 23.7. The van der Waals surface area contributed by atoms with Gasteiger partial charge < -0.3 is 0 Å². The van der Waals surface area contributed by atoms with Crippen LogP contribution in [0.1, 0.15) is 81.4 Å². The summed E-state index contributed by atoms with van der Waals surface area (Å²) >= 11 is 0. The fourth-order valence-corrected chi connectivity index (χ4v) is 8.81. The summed E-state index contributed by atoms with van der Waals surface area (Å²) in [6.07, 6.45) is 11.1. The normalized spacial score (nSPS) is 12.8. The van der Waals surface area contributed by atoms with E-state index in [4.69, 9.17) is 9.05 Å². The predicted octanol–water partition coefficient (Wildman–Crippen LogP) is 8.48. The maximum absolute atomic E-state index is 13.1. The third kappa shape index (κ3) is 6.76. The Labute approximate surface area is 219 Å². The van der Waals surface area contributed by atoms with E-state index in [1.54, 1.807) is 0 Å². The van der Waals surface area contributed by atoms with Gasteiger partial charge in [-0.05, 0) is 0 Å². The van der Waals surface area contributed by atoms with Gasteiger partial charge in [0.1, 0.15) is 0 Å². The van der Waals surface area contributed by atoms with Crippen molar-refractivity contribution in [3.05, 3.63) is 89.5 Å². The van der Waals surface area contributed by atoms with Crippen molar-refractivity contribution in [2.75, 3.05) is 6.61 Å². The molecule has 0 aliphatic heterocycles. The number of benzene rings is 3. The monoisotopic (exact) mass is 508 g/mol. The van der Waals surface area contributed by atoms with E-state index in [0.29, 0.717) is 12.4 Å². The summed E-state index contributed by atoms with van der Waals surface area (Å²) in [5.41, 5.74) is 2.89. The number of rotatable bonds is 15. The van der Waals surface area contributed by atoms with Crippen molar-refractivity contribution in [3.63, 3.8) is 0 Å². The van der Waals surface area contributed by atoms with Gasteiger partial charge >= 0.3 is 219 Å². The fraction of sp³-hybridized carbons (Fsp3) is 0.438. The van der Waals surface area contributed by atoms with E-state index in [1.807, 2.05) is 93.6 Å². The molecule has 0 heterocycles. The van der Waals surface area contributed by atoms with Gasteiger partial charge in [-0.1, -0.05) is 0 Å². The van der Waals surface area contributed by atoms with Gasteiger partial charge in [0.15, 0.2) is 0 Å². The van der Waals surface area contributed by atoms with Gasteiger partial charge in [0, 0.05) is 0 Å². The van der Waals surface area contributed by atoms with Crippen LogP contribution in [0.4, 0.5) is 0 Å². The van der Waals surface area contributed by atoms with Gasteiger partial charge in [-0.15, -0.1) is 0 Å². The van der Waals surface area contributed by atoms with Crippen LogP contribution in [0.3, 0.4) is 0 Å². The zero-order valence-electron chi connectivity index (χ0n) is 22.7. The summed E-state index contributed by atoms with van der Waals surface area (Å²) in [5, 5.41) is 1.47. The Hall–Kier alpha value is -2.19. The van der Waals surface area contributed by atoms with E-state index < -0.39 is 7.28 Å². The Balaban J connectivity index is 1.91. The van der Waals surface area contributed by atoms with E-state index in [1.165, 1.54) is 44.9 Å². The van der Waals surface area contributed by atoms with Gasteiger partial charge in [0.2, 0.25) is 0 Å². The van der Waals surface area contributed by atoms with Crippen molar-refractivity contribution in [1.29, 1.82) is 0 Å². The first-order valence-corrected chi connectivity index (χ1v) is 15.7. The average Bonchev–Trinajstić information content (AvgIpc) is 2.87. The Morgan fingerprint density at radius 3 is 1.53 bits per heavy atom. The molecule has 1 N–H and O–H groups in total. The number of aryl methyl sites for hydroxylation is 3. The number of para-hydroxylation sites is 1. The molecule has 0 amide bonds. The molecule has 0 fully saturated rings. The molecule has 196 valence electrons. The number of unbranched alkanes of at least 4 members (excludes halogenated alkanes) is 8. The van der Waals surface area contributed by atoms with Crippen LogP contribution in [0.2, 0.25) is 0 Å². The van der Waals surface area contributed by atoms with Crippen molar-refractivity contribution >= 4 is 17.9 Å². The Morgan fingerprint density at radius 2 is 1.03 bits per heavy atom. The molecule has 0 bridgehead atoms. The van der Waals surface area contributed by atoms with Crippen molar-refractivity contribution in [2.24, 2.45) is 0 Å². The molecule has 3 aromatic rings. The van der Waals surface area contributed by atoms with Crippen LogP contribution in [0, 0.1) is 20.8 Å². The number of hydrogen-bond donors (Lipinski definition) is 1. The molecule has 0 aromatic heterocycles. The molecule has 0 saturated carbocycles. The third-order valence-corrected chi connectivity index (χ3v) is 10.9. The van der Waals surface area contributed by atoms with Crippen LogP contribution in [0.25, 0.3) is 0 Å². The summed E-state index contributed by atoms with van der Waals surface area (Å²) in [7, 11) is -4.52. The predicted molar refractivity (Wildman–Crippen MR) is 156 cm³/mol. The molecule has 0 radical (unpaired) electrons. The minimum absolute atomic E-state index is 0.443. The first-order chi connectivity index (χ1) is 17.4. The van der Waals surface area contributed by atoms with E-state index in [9.17, 15) is 4.89 Å². The SMILES string of the molecule is CCCCCCCCCCCOP(O)(Oc1ccccc1C)(c1ccccc1C)c1ccccc1C. The number of hydrogen-bond acceptors (Lipinski definition) is 3. The molecule has 0 unspecified atom stereocenters. The molecular formula is C32H45O3P. The molecule has 0 atom stereocenters. The standard InChI is InChI=1S/C32H45O3P/c1-5-6-7-8-9-10-11-12-19-26-34-36(33,31-24-17-14-21-28(31)3,32-25-18-15-22-29(32)4)35-30-23-16-13-20-27(30)2/h13-18,20-25,33H,5-12,19,26H2,1-4H3. The van der Waals surface area contributed by atoms with Crippen LogP contribution in [0.15, 0.2) is 72.8 Å². The van der Waals surface area contributed by atoms with E-state index in [0.717, 1.165) is 40.1 Å². The quantitative estimate of drug-likeness (QED) is 0.165. The van der Waals surface area contributed by atoms with Crippen LogP contribution in [-0.2, 0) is 4.52 Å². The van der Waals surface area contributed by atoms with Crippen molar-refractivity contribution in [2.45, 2.75) is 85.5 Å². The zero-order chi connectivity index (χ0) is 25.9. The van der Waals surface area contributed by atoms with E-state index in [2.05, 4.69) is 6.92 Å². The first kappa shape index (κ1) is 28.4. The summed E-state index contributed by atoms with van der Waals surface area (Å²) in [6.45, 7) is 8.75. The molecule has 0 saturated heterocycles. The molecule has 3 nitrogen and oxygen atoms in total. The van der Waals surface area contributed by atoms with Crippen LogP contribution < -0.4 is 15.1 Å². The van der Waals surface area contributed by atoms with Gasteiger partial charge in [0.05, 0.1) is 0 Å². The van der Waals surface area contributed by atoms with Gasteiger partial charge in [0.25, 0.3) is 0 Å². The molecular weight excluding hydrogens is 463 g/mol.